The van der Waals surface area contributed by atoms with Gasteiger partial charge in [-0.15, -0.1) is 0 Å². The van der Waals surface area contributed by atoms with Crippen molar-refractivity contribution in [3.8, 4) is 0 Å². The molecule has 0 fully saturated rings. The summed E-state index contributed by atoms with van der Waals surface area (Å²) in [6.07, 6.45) is 0. The van der Waals surface area contributed by atoms with Crippen molar-refractivity contribution in [1.29, 1.82) is 0 Å². The third kappa shape index (κ3) is 4.31. The first-order valence-corrected chi connectivity index (χ1v) is 7.20. The molecule has 2 rings (SSSR count). The molecule has 1 N–H and O–H groups in total. The van der Waals surface area contributed by atoms with Gasteiger partial charge in [-0.25, -0.2) is 4.79 Å². The summed E-state index contributed by atoms with van der Waals surface area (Å²) in [5.74, 6) is -0.828. The minimum Gasteiger partial charge on any atom is -0.465 e. The summed E-state index contributed by atoms with van der Waals surface area (Å²) in [7, 11) is 2.88. The van der Waals surface area contributed by atoms with Crippen molar-refractivity contribution in [3.05, 3.63) is 64.2 Å². The molecule has 0 aliphatic carbocycles. The average molecular weight is 334 g/mol. The normalized spacial score (nSPS) is 10.2. The van der Waals surface area contributed by atoms with E-state index in [2.05, 4.69) is 10.1 Å². The van der Waals surface area contributed by atoms with E-state index in [1.54, 1.807) is 25.3 Å². The van der Waals surface area contributed by atoms with Crippen LogP contribution in [0.5, 0.6) is 0 Å². The number of carbonyl (C=O) groups excluding carboxylic acids is 2. The molecule has 2 aromatic carbocycles. The molecule has 0 aromatic heterocycles. The zero-order valence-electron chi connectivity index (χ0n) is 12.8. The van der Waals surface area contributed by atoms with Crippen LogP contribution in [-0.2, 0) is 16.1 Å². The maximum atomic E-state index is 12.3. The van der Waals surface area contributed by atoms with Crippen molar-refractivity contribution >= 4 is 29.2 Å². The Hall–Kier alpha value is -2.37. The molecule has 0 bridgehead atoms. The SMILES string of the molecule is COCc1cccc(C(=O)Nc2cc(C(=O)OC)ccc2Cl)c1. The number of amides is 1. The molecule has 2 aromatic rings. The molecular formula is C17H16ClNO4. The molecule has 0 saturated carbocycles. The van der Waals surface area contributed by atoms with Gasteiger partial charge in [0.25, 0.3) is 5.91 Å². The number of carbonyl (C=O) groups is 2. The number of hydrogen-bond acceptors (Lipinski definition) is 4. The highest BCUT2D eigenvalue weighted by molar-refractivity contribution is 6.34. The van der Waals surface area contributed by atoms with Gasteiger partial charge in [-0.1, -0.05) is 23.7 Å². The highest BCUT2D eigenvalue weighted by Crippen LogP contribution is 2.24. The van der Waals surface area contributed by atoms with Crippen molar-refractivity contribution in [2.75, 3.05) is 19.5 Å². The molecule has 0 radical (unpaired) electrons. The number of esters is 1. The van der Waals surface area contributed by atoms with Crippen LogP contribution < -0.4 is 5.32 Å². The first-order valence-electron chi connectivity index (χ1n) is 6.82. The maximum absolute atomic E-state index is 12.3. The fourth-order valence-electron chi connectivity index (χ4n) is 2.03. The van der Waals surface area contributed by atoms with E-state index in [-0.39, 0.29) is 5.91 Å². The Balaban J connectivity index is 2.23. The van der Waals surface area contributed by atoms with Crippen LogP contribution >= 0.6 is 11.6 Å². The number of nitrogens with one attached hydrogen (secondary N) is 1. The number of ether oxygens (including phenoxy) is 2. The van der Waals surface area contributed by atoms with E-state index in [0.29, 0.717) is 28.4 Å². The average Bonchev–Trinajstić information content (AvgIpc) is 2.56. The first-order chi connectivity index (χ1) is 11.0. The summed E-state index contributed by atoms with van der Waals surface area (Å²) < 4.78 is 9.71. The van der Waals surface area contributed by atoms with Gasteiger partial charge in [0, 0.05) is 12.7 Å². The Morgan fingerprint density at radius 2 is 1.87 bits per heavy atom. The van der Waals surface area contributed by atoms with E-state index in [4.69, 9.17) is 16.3 Å². The molecule has 120 valence electrons. The lowest BCUT2D eigenvalue weighted by Crippen LogP contribution is -2.13. The van der Waals surface area contributed by atoms with Gasteiger partial charge < -0.3 is 14.8 Å². The van der Waals surface area contributed by atoms with Crippen LogP contribution in [0.4, 0.5) is 5.69 Å². The maximum Gasteiger partial charge on any atom is 0.337 e. The molecule has 6 heteroatoms. The number of halogens is 1. The van der Waals surface area contributed by atoms with E-state index in [1.807, 2.05) is 6.07 Å². The number of anilines is 1. The van der Waals surface area contributed by atoms with E-state index in [0.717, 1.165) is 5.56 Å². The van der Waals surface area contributed by atoms with Gasteiger partial charge in [0.05, 0.1) is 30.0 Å². The van der Waals surface area contributed by atoms with Crippen LogP contribution in [-0.4, -0.2) is 26.1 Å². The van der Waals surface area contributed by atoms with Crippen molar-refractivity contribution < 1.29 is 19.1 Å². The molecule has 5 nitrogen and oxygen atoms in total. The number of methoxy groups -OCH3 is 2. The Labute approximate surface area is 139 Å². The predicted octanol–water partition coefficient (Wildman–Crippen LogP) is 3.53. The Kier molecular flexibility index (Phi) is 5.73. The monoisotopic (exact) mass is 333 g/mol. The van der Waals surface area contributed by atoms with Gasteiger partial charge in [0.1, 0.15) is 0 Å². The second-order valence-electron chi connectivity index (χ2n) is 4.77. The van der Waals surface area contributed by atoms with Crippen molar-refractivity contribution in [1.82, 2.24) is 0 Å². The molecule has 1 amide bonds. The molecule has 0 spiro atoms. The molecule has 0 saturated heterocycles. The van der Waals surface area contributed by atoms with Gasteiger partial charge in [-0.05, 0) is 35.9 Å². The Morgan fingerprint density at radius 3 is 2.57 bits per heavy atom. The number of rotatable bonds is 5. The number of hydrogen-bond donors (Lipinski definition) is 1. The molecule has 0 aliphatic rings. The summed E-state index contributed by atoms with van der Waals surface area (Å²) in [5, 5.41) is 3.03. The zero-order chi connectivity index (χ0) is 16.8. The van der Waals surface area contributed by atoms with Gasteiger partial charge in [-0.2, -0.15) is 0 Å². The van der Waals surface area contributed by atoms with Crippen molar-refractivity contribution in [2.24, 2.45) is 0 Å². The van der Waals surface area contributed by atoms with Crippen LogP contribution in [0.1, 0.15) is 26.3 Å². The van der Waals surface area contributed by atoms with E-state index in [1.165, 1.54) is 25.3 Å². The van der Waals surface area contributed by atoms with Gasteiger partial charge in [0.2, 0.25) is 0 Å². The fraction of sp³-hybridized carbons (Fsp3) is 0.176. The number of benzene rings is 2. The summed E-state index contributed by atoms with van der Waals surface area (Å²) >= 11 is 6.07. The van der Waals surface area contributed by atoms with E-state index >= 15 is 0 Å². The quantitative estimate of drug-likeness (QED) is 0.850. The Bertz CT molecular complexity index is 730. The standard InChI is InChI=1S/C17H16ClNO4/c1-22-10-11-4-3-5-12(8-11)16(20)19-15-9-13(17(21)23-2)6-7-14(15)18/h3-9H,10H2,1-2H3,(H,19,20). The lowest BCUT2D eigenvalue weighted by molar-refractivity contribution is 0.0600. The minimum absolute atomic E-state index is 0.306. The highest BCUT2D eigenvalue weighted by atomic mass is 35.5. The smallest absolute Gasteiger partial charge is 0.337 e. The minimum atomic E-state index is -0.501. The van der Waals surface area contributed by atoms with Crippen molar-refractivity contribution in [2.45, 2.75) is 6.61 Å². The summed E-state index contributed by atoms with van der Waals surface area (Å²) in [6.45, 7) is 0.416. The topological polar surface area (TPSA) is 64.6 Å². The molecule has 0 heterocycles. The van der Waals surface area contributed by atoms with Gasteiger partial charge in [0.15, 0.2) is 0 Å². The van der Waals surface area contributed by atoms with Crippen LogP contribution in [0.2, 0.25) is 5.02 Å². The summed E-state index contributed by atoms with van der Waals surface area (Å²) in [6, 6.07) is 11.6. The third-order valence-electron chi connectivity index (χ3n) is 3.14. The van der Waals surface area contributed by atoms with E-state index < -0.39 is 5.97 Å². The lowest BCUT2D eigenvalue weighted by Gasteiger charge is -2.10. The second kappa shape index (κ2) is 7.76. The molecule has 0 unspecified atom stereocenters. The summed E-state index contributed by atoms with van der Waals surface area (Å²) in [4.78, 5) is 23.9. The van der Waals surface area contributed by atoms with Gasteiger partial charge in [-0.3, -0.25) is 4.79 Å². The van der Waals surface area contributed by atoms with Crippen LogP contribution in [0, 0.1) is 0 Å². The predicted molar refractivity (Wildman–Crippen MR) is 87.9 cm³/mol. The molecule has 0 atom stereocenters. The molecule has 0 aliphatic heterocycles. The first kappa shape index (κ1) is 17.0. The lowest BCUT2D eigenvalue weighted by atomic mass is 10.1. The Morgan fingerprint density at radius 1 is 1.09 bits per heavy atom. The fourth-order valence-corrected chi connectivity index (χ4v) is 2.19. The summed E-state index contributed by atoms with van der Waals surface area (Å²) in [5.41, 5.74) is 2.01. The zero-order valence-corrected chi connectivity index (χ0v) is 13.5. The second-order valence-corrected chi connectivity index (χ2v) is 5.18. The van der Waals surface area contributed by atoms with Crippen LogP contribution in [0.25, 0.3) is 0 Å². The molecule has 23 heavy (non-hydrogen) atoms. The largest absolute Gasteiger partial charge is 0.465 e. The third-order valence-corrected chi connectivity index (χ3v) is 3.47. The van der Waals surface area contributed by atoms with Crippen LogP contribution in [0.15, 0.2) is 42.5 Å². The van der Waals surface area contributed by atoms with E-state index in [9.17, 15) is 9.59 Å². The van der Waals surface area contributed by atoms with Crippen LogP contribution in [0.3, 0.4) is 0 Å². The molecular weight excluding hydrogens is 318 g/mol. The van der Waals surface area contributed by atoms with Crippen molar-refractivity contribution in [3.63, 3.8) is 0 Å². The highest BCUT2D eigenvalue weighted by Gasteiger charge is 2.12. The van der Waals surface area contributed by atoms with Gasteiger partial charge >= 0.3 is 5.97 Å².